The zero-order valence-corrected chi connectivity index (χ0v) is 12.0. The Morgan fingerprint density at radius 3 is 2.68 bits per heavy atom. The van der Waals surface area contributed by atoms with E-state index in [1.807, 2.05) is 20.2 Å². The molecule has 2 rings (SSSR count). The molecule has 1 aromatic heterocycles. The maximum absolute atomic E-state index is 12.1. The molecule has 1 saturated carbocycles. The third kappa shape index (κ3) is 3.98. The largest absolute Gasteiger partial charge is 0.371 e. The Bertz CT molecular complexity index is 421. The van der Waals surface area contributed by atoms with Crippen LogP contribution in [0.5, 0.6) is 0 Å². The van der Waals surface area contributed by atoms with Crippen LogP contribution >= 0.6 is 0 Å². The summed E-state index contributed by atoms with van der Waals surface area (Å²) in [5, 5.41) is 10.4. The van der Waals surface area contributed by atoms with Gasteiger partial charge in [0.1, 0.15) is 6.04 Å². The number of carbonyl (C=O) groups is 1. The molecule has 5 heteroatoms. The minimum absolute atomic E-state index is 0.0726. The Balaban J connectivity index is 1.79. The van der Waals surface area contributed by atoms with Crippen LogP contribution in [-0.2, 0) is 11.8 Å². The second-order valence-electron chi connectivity index (χ2n) is 5.73. The van der Waals surface area contributed by atoms with E-state index in [-0.39, 0.29) is 11.9 Å². The molecule has 1 atom stereocenters. The first-order valence-corrected chi connectivity index (χ1v) is 7.10. The number of rotatable bonds is 4. The second-order valence-corrected chi connectivity index (χ2v) is 5.73. The van der Waals surface area contributed by atoms with E-state index in [0.717, 1.165) is 24.4 Å². The monoisotopic (exact) mass is 264 g/mol. The number of nitrogens with zero attached hydrogens (tertiary/aromatic N) is 2. The fraction of sp³-hybridized carbons (Fsp3) is 0.714. The molecule has 0 radical (unpaired) electrons. The van der Waals surface area contributed by atoms with Gasteiger partial charge < -0.3 is 10.6 Å². The van der Waals surface area contributed by atoms with Gasteiger partial charge in [0.05, 0.1) is 11.9 Å². The van der Waals surface area contributed by atoms with Crippen molar-refractivity contribution in [3.8, 4) is 0 Å². The van der Waals surface area contributed by atoms with Crippen LogP contribution in [0, 0.1) is 5.92 Å². The number of carbonyl (C=O) groups excluding carboxylic acids is 1. The molecule has 19 heavy (non-hydrogen) atoms. The molecule has 0 saturated heterocycles. The highest BCUT2D eigenvalue weighted by atomic mass is 16.2. The fourth-order valence-electron chi connectivity index (χ4n) is 2.54. The Morgan fingerprint density at radius 1 is 1.42 bits per heavy atom. The molecule has 5 nitrogen and oxygen atoms in total. The van der Waals surface area contributed by atoms with Gasteiger partial charge in [0.2, 0.25) is 5.91 Å². The van der Waals surface area contributed by atoms with Gasteiger partial charge in [-0.05, 0) is 38.5 Å². The summed E-state index contributed by atoms with van der Waals surface area (Å²) >= 11 is 0. The summed E-state index contributed by atoms with van der Waals surface area (Å²) in [7, 11) is 1.86. The quantitative estimate of drug-likeness (QED) is 0.873. The van der Waals surface area contributed by atoms with Gasteiger partial charge in [-0.2, -0.15) is 5.10 Å². The number of nitrogens with one attached hydrogen (secondary N) is 2. The van der Waals surface area contributed by atoms with Crippen LogP contribution in [0.2, 0.25) is 0 Å². The summed E-state index contributed by atoms with van der Waals surface area (Å²) in [6, 6.07) is 0.116. The third-order valence-corrected chi connectivity index (χ3v) is 3.84. The lowest BCUT2D eigenvalue weighted by molar-refractivity contribution is -0.122. The van der Waals surface area contributed by atoms with Crippen LogP contribution < -0.4 is 10.6 Å². The van der Waals surface area contributed by atoms with E-state index < -0.39 is 0 Å². The van der Waals surface area contributed by atoms with Gasteiger partial charge in [-0.1, -0.05) is 6.92 Å². The first-order chi connectivity index (χ1) is 9.04. The van der Waals surface area contributed by atoms with Crippen molar-refractivity contribution < 1.29 is 4.79 Å². The average molecular weight is 264 g/mol. The number of anilines is 1. The standard InChI is InChI=1S/C14H24N4O/c1-10-4-6-12(7-5-10)17-14(19)11(2)16-13-8-15-18(3)9-13/h8-12,16H,4-7H2,1-3H3,(H,17,19). The molecule has 1 unspecified atom stereocenters. The number of aryl methyl sites for hydroxylation is 1. The lowest BCUT2D eigenvalue weighted by Crippen LogP contribution is -2.44. The molecule has 0 spiro atoms. The summed E-state index contributed by atoms with van der Waals surface area (Å²) in [5.41, 5.74) is 0.877. The van der Waals surface area contributed by atoms with Crippen molar-refractivity contribution in [2.45, 2.75) is 51.6 Å². The maximum atomic E-state index is 12.1. The van der Waals surface area contributed by atoms with Crippen LogP contribution in [0.3, 0.4) is 0 Å². The van der Waals surface area contributed by atoms with Gasteiger partial charge >= 0.3 is 0 Å². The molecule has 2 N–H and O–H groups in total. The highest BCUT2D eigenvalue weighted by molar-refractivity contribution is 5.84. The Labute approximate surface area is 114 Å². The summed E-state index contributed by atoms with van der Waals surface area (Å²) in [6.45, 7) is 4.17. The van der Waals surface area contributed by atoms with Gasteiger partial charge in [-0.25, -0.2) is 0 Å². The Morgan fingerprint density at radius 2 is 2.11 bits per heavy atom. The Kier molecular flexibility index (Phi) is 4.45. The van der Waals surface area contributed by atoms with Crippen LogP contribution in [0.1, 0.15) is 39.5 Å². The second kappa shape index (κ2) is 6.08. The summed E-state index contributed by atoms with van der Waals surface area (Å²) < 4.78 is 1.72. The van der Waals surface area contributed by atoms with Crippen molar-refractivity contribution in [1.29, 1.82) is 0 Å². The molecule has 0 bridgehead atoms. The molecule has 106 valence electrons. The molecule has 1 fully saturated rings. The van der Waals surface area contributed by atoms with E-state index in [0.29, 0.717) is 6.04 Å². The van der Waals surface area contributed by atoms with Crippen molar-refractivity contribution in [3.63, 3.8) is 0 Å². The minimum atomic E-state index is -0.233. The van der Waals surface area contributed by atoms with Gasteiger partial charge in [-0.15, -0.1) is 0 Å². The molecule has 1 heterocycles. The predicted molar refractivity (Wildman–Crippen MR) is 75.9 cm³/mol. The predicted octanol–water partition coefficient (Wildman–Crippen LogP) is 1.92. The van der Waals surface area contributed by atoms with Crippen molar-refractivity contribution in [3.05, 3.63) is 12.4 Å². The normalized spacial score (nSPS) is 24.8. The molecule has 0 aliphatic heterocycles. The molecule has 1 aliphatic rings. The molecule has 1 aliphatic carbocycles. The van der Waals surface area contributed by atoms with E-state index in [9.17, 15) is 4.79 Å². The van der Waals surface area contributed by atoms with Crippen LogP contribution in [-0.4, -0.2) is 27.8 Å². The molecular formula is C14H24N4O. The van der Waals surface area contributed by atoms with Crippen molar-refractivity contribution >= 4 is 11.6 Å². The van der Waals surface area contributed by atoms with E-state index in [2.05, 4.69) is 22.7 Å². The smallest absolute Gasteiger partial charge is 0.242 e. The van der Waals surface area contributed by atoms with Gasteiger partial charge in [-0.3, -0.25) is 9.48 Å². The van der Waals surface area contributed by atoms with Crippen LogP contribution in [0.15, 0.2) is 12.4 Å². The van der Waals surface area contributed by atoms with Crippen molar-refractivity contribution in [1.82, 2.24) is 15.1 Å². The summed E-state index contributed by atoms with van der Waals surface area (Å²) in [6.07, 6.45) is 8.24. The topological polar surface area (TPSA) is 59.0 Å². The Hall–Kier alpha value is -1.52. The number of aromatic nitrogens is 2. The molecule has 1 amide bonds. The van der Waals surface area contributed by atoms with Crippen LogP contribution in [0.25, 0.3) is 0 Å². The van der Waals surface area contributed by atoms with Gasteiger partial charge in [0.25, 0.3) is 0 Å². The molecular weight excluding hydrogens is 240 g/mol. The first kappa shape index (κ1) is 13.9. The van der Waals surface area contributed by atoms with E-state index in [4.69, 9.17) is 0 Å². The lowest BCUT2D eigenvalue weighted by atomic mass is 9.87. The summed E-state index contributed by atoms with van der Waals surface area (Å²) in [4.78, 5) is 12.1. The fourth-order valence-corrected chi connectivity index (χ4v) is 2.54. The van der Waals surface area contributed by atoms with Crippen molar-refractivity contribution in [2.24, 2.45) is 13.0 Å². The van der Waals surface area contributed by atoms with E-state index in [1.165, 1.54) is 12.8 Å². The van der Waals surface area contributed by atoms with Crippen molar-refractivity contribution in [2.75, 3.05) is 5.32 Å². The number of amides is 1. The number of hydrogen-bond donors (Lipinski definition) is 2. The lowest BCUT2D eigenvalue weighted by Gasteiger charge is -2.28. The highest BCUT2D eigenvalue weighted by Gasteiger charge is 2.22. The first-order valence-electron chi connectivity index (χ1n) is 7.10. The van der Waals surface area contributed by atoms with E-state index >= 15 is 0 Å². The van der Waals surface area contributed by atoms with Gasteiger partial charge in [0, 0.05) is 19.3 Å². The van der Waals surface area contributed by atoms with Crippen LogP contribution in [0.4, 0.5) is 5.69 Å². The highest BCUT2D eigenvalue weighted by Crippen LogP contribution is 2.23. The molecule has 0 aromatic carbocycles. The zero-order chi connectivity index (χ0) is 13.8. The number of hydrogen-bond acceptors (Lipinski definition) is 3. The average Bonchev–Trinajstić information content (AvgIpc) is 2.77. The summed E-state index contributed by atoms with van der Waals surface area (Å²) in [5.74, 6) is 0.877. The van der Waals surface area contributed by atoms with E-state index in [1.54, 1.807) is 10.9 Å². The molecule has 1 aromatic rings. The maximum Gasteiger partial charge on any atom is 0.242 e. The van der Waals surface area contributed by atoms with Gasteiger partial charge in [0.15, 0.2) is 0 Å². The SMILES string of the molecule is CC1CCC(NC(=O)C(C)Nc2cnn(C)c2)CC1. The third-order valence-electron chi connectivity index (χ3n) is 3.84. The minimum Gasteiger partial charge on any atom is -0.371 e. The zero-order valence-electron chi connectivity index (χ0n) is 12.0.